The van der Waals surface area contributed by atoms with Gasteiger partial charge in [0.2, 0.25) is 5.91 Å². The van der Waals surface area contributed by atoms with Crippen molar-refractivity contribution >= 4 is 17.8 Å². The van der Waals surface area contributed by atoms with Gasteiger partial charge in [0.15, 0.2) is 0 Å². The number of carbonyl (C=O) groups is 1. The monoisotopic (exact) mass is 351 g/mol. The Morgan fingerprint density at radius 2 is 1.88 bits per heavy atom. The summed E-state index contributed by atoms with van der Waals surface area (Å²) in [6.07, 6.45) is 6.23. The molecule has 0 aliphatic carbocycles. The first-order valence-electron chi connectivity index (χ1n) is 9.07. The van der Waals surface area contributed by atoms with Crippen molar-refractivity contribution in [2.45, 2.75) is 19.9 Å². The van der Waals surface area contributed by atoms with Crippen molar-refractivity contribution in [2.24, 2.45) is 0 Å². The Morgan fingerprint density at radius 3 is 2.54 bits per heavy atom. The lowest BCUT2D eigenvalue weighted by atomic mass is 10.1. The Hall–Kier alpha value is -2.66. The van der Waals surface area contributed by atoms with Crippen molar-refractivity contribution in [3.05, 3.63) is 65.4 Å². The number of hydrogen-bond donors (Lipinski definition) is 1. The van der Waals surface area contributed by atoms with E-state index in [0.29, 0.717) is 6.54 Å². The summed E-state index contributed by atoms with van der Waals surface area (Å²) in [5, 5.41) is 2.89. The molecular weight excluding hydrogens is 326 g/mol. The second-order valence-electron chi connectivity index (χ2n) is 6.27. The zero-order chi connectivity index (χ0) is 18.2. The molecule has 1 N–H and O–H groups in total. The zero-order valence-electron chi connectivity index (χ0n) is 15.1. The van der Waals surface area contributed by atoms with Gasteiger partial charge in [0.25, 0.3) is 0 Å². The van der Waals surface area contributed by atoms with E-state index in [-0.39, 0.29) is 5.91 Å². The van der Waals surface area contributed by atoms with Crippen LogP contribution in [0, 0.1) is 0 Å². The van der Waals surface area contributed by atoms with Gasteiger partial charge in [0, 0.05) is 31.9 Å². The molecule has 136 valence electrons. The fraction of sp³-hybridized carbons (Fsp3) is 0.333. The molecule has 0 saturated carbocycles. The van der Waals surface area contributed by atoms with Gasteiger partial charge in [-0.05, 0) is 35.3 Å². The third kappa shape index (κ3) is 5.17. The van der Waals surface area contributed by atoms with Crippen LogP contribution in [0.5, 0.6) is 0 Å². The van der Waals surface area contributed by atoms with Crippen LogP contribution in [-0.2, 0) is 22.5 Å². The van der Waals surface area contributed by atoms with Gasteiger partial charge < -0.3 is 15.0 Å². The highest BCUT2D eigenvalue weighted by atomic mass is 16.5. The number of hydrogen-bond acceptors (Lipinski definition) is 4. The lowest BCUT2D eigenvalue weighted by Gasteiger charge is -2.27. The molecule has 1 aliphatic rings. The first-order valence-corrected chi connectivity index (χ1v) is 9.07. The summed E-state index contributed by atoms with van der Waals surface area (Å²) in [6.45, 7) is 5.81. The molecule has 5 nitrogen and oxygen atoms in total. The van der Waals surface area contributed by atoms with Crippen molar-refractivity contribution in [1.29, 1.82) is 0 Å². The number of anilines is 1. The molecule has 1 fully saturated rings. The number of nitrogens with zero attached hydrogens (tertiary/aromatic N) is 2. The van der Waals surface area contributed by atoms with Gasteiger partial charge in [-0.3, -0.25) is 4.79 Å². The number of ether oxygens (including phenoxy) is 1. The highest BCUT2D eigenvalue weighted by Gasteiger charge is 2.11. The predicted octanol–water partition coefficient (Wildman–Crippen LogP) is 2.81. The number of benzene rings is 1. The van der Waals surface area contributed by atoms with Gasteiger partial charge in [0.1, 0.15) is 5.82 Å². The maximum atomic E-state index is 12.0. The maximum absolute atomic E-state index is 12.0. The van der Waals surface area contributed by atoms with E-state index in [2.05, 4.69) is 34.3 Å². The third-order valence-electron chi connectivity index (χ3n) is 4.43. The summed E-state index contributed by atoms with van der Waals surface area (Å²) in [4.78, 5) is 18.7. The number of pyridine rings is 1. The molecule has 0 unspecified atom stereocenters. The average molecular weight is 351 g/mol. The SMILES string of the molecule is CCc1ccc(/C=C/C(=O)NCc2ccc(N3CCOCC3)nc2)cc1. The average Bonchev–Trinajstić information content (AvgIpc) is 2.72. The van der Waals surface area contributed by atoms with Crippen LogP contribution in [0.15, 0.2) is 48.7 Å². The molecule has 1 saturated heterocycles. The summed E-state index contributed by atoms with van der Waals surface area (Å²) in [5.74, 6) is 0.848. The molecule has 1 aromatic heterocycles. The second-order valence-corrected chi connectivity index (χ2v) is 6.27. The first-order chi connectivity index (χ1) is 12.7. The van der Waals surface area contributed by atoms with Crippen molar-refractivity contribution in [2.75, 3.05) is 31.2 Å². The van der Waals surface area contributed by atoms with Gasteiger partial charge in [-0.1, -0.05) is 37.3 Å². The molecule has 1 aromatic carbocycles. The molecule has 1 aliphatic heterocycles. The normalized spacial score (nSPS) is 14.6. The molecule has 0 spiro atoms. The summed E-state index contributed by atoms with van der Waals surface area (Å²) in [6, 6.07) is 12.2. The van der Waals surface area contributed by atoms with E-state index >= 15 is 0 Å². The summed E-state index contributed by atoms with van der Waals surface area (Å²) in [5.41, 5.74) is 3.30. The Balaban J connectivity index is 1.48. The summed E-state index contributed by atoms with van der Waals surface area (Å²) < 4.78 is 5.35. The van der Waals surface area contributed by atoms with Crippen molar-refractivity contribution < 1.29 is 9.53 Å². The Kier molecular flexibility index (Phi) is 6.39. The molecule has 1 amide bonds. The molecule has 5 heteroatoms. The van der Waals surface area contributed by atoms with E-state index < -0.39 is 0 Å². The van der Waals surface area contributed by atoms with Gasteiger partial charge in [-0.2, -0.15) is 0 Å². The second kappa shape index (κ2) is 9.15. The summed E-state index contributed by atoms with van der Waals surface area (Å²) >= 11 is 0. The van der Waals surface area contributed by atoms with Crippen LogP contribution in [0.2, 0.25) is 0 Å². The fourth-order valence-corrected chi connectivity index (χ4v) is 2.79. The highest BCUT2D eigenvalue weighted by molar-refractivity contribution is 5.91. The Labute approximate surface area is 154 Å². The van der Waals surface area contributed by atoms with E-state index in [1.165, 1.54) is 5.56 Å². The Morgan fingerprint density at radius 1 is 1.15 bits per heavy atom. The van der Waals surface area contributed by atoms with Crippen LogP contribution < -0.4 is 10.2 Å². The fourth-order valence-electron chi connectivity index (χ4n) is 2.79. The van der Waals surface area contributed by atoms with Gasteiger partial charge in [0.05, 0.1) is 13.2 Å². The van der Waals surface area contributed by atoms with E-state index in [1.807, 2.05) is 36.5 Å². The molecule has 2 heterocycles. The quantitative estimate of drug-likeness (QED) is 0.813. The smallest absolute Gasteiger partial charge is 0.244 e. The molecule has 0 bridgehead atoms. The number of aromatic nitrogens is 1. The standard InChI is InChI=1S/C21H25N3O2/c1-2-17-3-5-18(6-4-17)8-10-21(25)23-16-19-7-9-20(22-15-19)24-11-13-26-14-12-24/h3-10,15H,2,11-14,16H2,1H3,(H,23,25)/b10-8+. The van der Waals surface area contributed by atoms with Gasteiger partial charge in [-0.15, -0.1) is 0 Å². The number of amides is 1. The number of carbonyl (C=O) groups excluding carboxylic acids is 1. The van der Waals surface area contributed by atoms with Crippen LogP contribution in [0.1, 0.15) is 23.6 Å². The minimum atomic E-state index is -0.109. The van der Waals surface area contributed by atoms with Crippen LogP contribution in [0.25, 0.3) is 6.08 Å². The molecular formula is C21H25N3O2. The Bertz CT molecular complexity index is 733. The van der Waals surface area contributed by atoms with Gasteiger partial charge in [-0.25, -0.2) is 4.98 Å². The molecule has 0 atom stereocenters. The van der Waals surface area contributed by atoms with E-state index in [4.69, 9.17) is 4.74 Å². The van der Waals surface area contributed by atoms with E-state index in [9.17, 15) is 4.79 Å². The highest BCUT2D eigenvalue weighted by Crippen LogP contribution is 2.13. The van der Waals surface area contributed by atoms with Crippen molar-refractivity contribution in [1.82, 2.24) is 10.3 Å². The number of rotatable bonds is 6. The van der Waals surface area contributed by atoms with Crippen LogP contribution in [0.3, 0.4) is 0 Å². The van der Waals surface area contributed by atoms with E-state index in [1.54, 1.807) is 6.08 Å². The number of aryl methyl sites for hydroxylation is 1. The summed E-state index contributed by atoms with van der Waals surface area (Å²) in [7, 11) is 0. The lowest BCUT2D eigenvalue weighted by molar-refractivity contribution is -0.116. The molecule has 26 heavy (non-hydrogen) atoms. The lowest BCUT2D eigenvalue weighted by Crippen LogP contribution is -2.36. The maximum Gasteiger partial charge on any atom is 0.244 e. The van der Waals surface area contributed by atoms with E-state index in [0.717, 1.165) is 49.7 Å². The van der Waals surface area contributed by atoms with Crippen molar-refractivity contribution in [3.8, 4) is 0 Å². The molecule has 2 aromatic rings. The topological polar surface area (TPSA) is 54.5 Å². The molecule has 3 rings (SSSR count). The third-order valence-corrected chi connectivity index (χ3v) is 4.43. The first kappa shape index (κ1) is 18.1. The number of morpholine rings is 1. The van der Waals surface area contributed by atoms with Gasteiger partial charge >= 0.3 is 0 Å². The number of nitrogens with one attached hydrogen (secondary N) is 1. The van der Waals surface area contributed by atoms with Crippen molar-refractivity contribution in [3.63, 3.8) is 0 Å². The van der Waals surface area contributed by atoms with Crippen LogP contribution in [0.4, 0.5) is 5.82 Å². The van der Waals surface area contributed by atoms with Crippen LogP contribution in [-0.4, -0.2) is 37.2 Å². The minimum absolute atomic E-state index is 0.109. The minimum Gasteiger partial charge on any atom is -0.378 e. The molecule has 0 radical (unpaired) electrons. The predicted molar refractivity (Wildman–Crippen MR) is 104 cm³/mol. The largest absolute Gasteiger partial charge is 0.378 e. The zero-order valence-corrected chi connectivity index (χ0v) is 15.1. The van der Waals surface area contributed by atoms with Crippen LogP contribution >= 0.6 is 0 Å².